The molecular weight excluding hydrogens is 356 g/mol. The fourth-order valence-electron chi connectivity index (χ4n) is 3.84. The number of β-amino-alcohol motifs (C(OH)–C–C–N with tert-alkyl or cyclic N) is 1. The SMILES string of the molecule is OC(COc1cccc2c1SCCC2)CN1CCN(c2ccccc2)CC1. The number of piperazine rings is 1. The van der Waals surface area contributed by atoms with E-state index in [-0.39, 0.29) is 0 Å². The van der Waals surface area contributed by atoms with Gasteiger partial charge in [-0.25, -0.2) is 0 Å². The van der Waals surface area contributed by atoms with Crippen LogP contribution >= 0.6 is 11.8 Å². The Morgan fingerprint density at radius 3 is 2.63 bits per heavy atom. The van der Waals surface area contributed by atoms with Crippen molar-refractivity contribution < 1.29 is 9.84 Å². The van der Waals surface area contributed by atoms with Gasteiger partial charge in [-0.05, 0) is 42.4 Å². The Morgan fingerprint density at radius 2 is 1.81 bits per heavy atom. The highest BCUT2D eigenvalue weighted by atomic mass is 32.2. The minimum absolute atomic E-state index is 0.357. The third kappa shape index (κ3) is 4.78. The number of benzene rings is 2. The molecule has 1 N–H and O–H groups in total. The number of hydrogen-bond acceptors (Lipinski definition) is 5. The second kappa shape index (κ2) is 9.00. The van der Waals surface area contributed by atoms with Crippen LogP contribution in [0.3, 0.4) is 0 Å². The van der Waals surface area contributed by atoms with Crippen molar-refractivity contribution >= 4 is 17.4 Å². The maximum Gasteiger partial charge on any atom is 0.133 e. The van der Waals surface area contributed by atoms with Crippen molar-refractivity contribution in [3.63, 3.8) is 0 Å². The summed E-state index contributed by atoms with van der Waals surface area (Å²) in [4.78, 5) is 6.02. The molecule has 2 aliphatic rings. The van der Waals surface area contributed by atoms with Gasteiger partial charge in [0, 0.05) is 38.4 Å². The largest absolute Gasteiger partial charge is 0.490 e. The van der Waals surface area contributed by atoms with Crippen molar-refractivity contribution in [1.82, 2.24) is 4.90 Å². The van der Waals surface area contributed by atoms with Crippen LogP contribution < -0.4 is 9.64 Å². The second-order valence-corrected chi connectivity index (χ2v) is 8.39. The topological polar surface area (TPSA) is 35.9 Å². The van der Waals surface area contributed by atoms with Crippen LogP contribution in [0, 0.1) is 0 Å². The van der Waals surface area contributed by atoms with E-state index in [0.717, 1.165) is 44.1 Å². The van der Waals surface area contributed by atoms with E-state index in [2.05, 4.69) is 52.3 Å². The number of nitrogens with zero attached hydrogens (tertiary/aromatic N) is 2. The van der Waals surface area contributed by atoms with Crippen molar-refractivity contribution in [3.8, 4) is 5.75 Å². The van der Waals surface area contributed by atoms with E-state index < -0.39 is 6.10 Å². The van der Waals surface area contributed by atoms with Crippen molar-refractivity contribution in [3.05, 3.63) is 54.1 Å². The number of anilines is 1. The van der Waals surface area contributed by atoms with Gasteiger partial charge in [-0.3, -0.25) is 4.90 Å². The lowest BCUT2D eigenvalue weighted by atomic mass is 10.1. The van der Waals surface area contributed by atoms with E-state index in [9.17, 15) is 5.11 Å². The number of thioether (sulfide) groups is 1. The molecule has 2 aromatic carbocycles. The highest BCUT2D eigenvalue weighted by Crippen LogP contribution is 2.37. The van der Waals surface area contributed by atoms with Crippen molar-refractivity contribution in [2.45, 2.75) is 23.8 Å². The smallest absolute Gasteiger partial charge is 0.133 e. The second-order valence-electron chi connectivity index (χ2n) is 7.28. The van der Waals surface area contributed by atoms with Crippen LogP contribution in [0.5, 0.6) is 5.75 Å². The molecule has 0 spiro atoms. The number of aliphatic hydroxyl groups is 1. The Kier molecular flexibility index (Phi) is 6.22. The first kappa shape index (κ1) is 18.7. The molecule has 1 unspecified atom stereocenters. The molecule has 27 heavy (non-hydrogen) atoms. The fourth-order valence-corrected chi connectivity index (χ4v) is 4.95. The van der Waals surface area contributed by atoms with Crippen LogP contribution in [-0.4, -0.2) is 61.2 Å². The lowest BCUT2D eigenvalue weighted by molar-refractivity contribution is 0.0653. The minimum Gasteiger partial charge on any atom is -0.490 e. The zero-order chi connectivity index (χ0) is 18.5. The first-order valence-electron chi connectivity index (χ1n) is 9.87. The predicted octanol–water partition coefficient (Wildman–Crippen LogP) is 3.29. The number of ether oxygens (including phenoxy) is 1. The highest BCUT2D eigenvalue weighted by molar-refractivity contribution is 7.99. The molecule has 0 radical (unpaired) electrons. The third-order valence-electron chi connectivity index (χ3n) is 5.29. The Hall–Kier alpha value is -1.69. The van der Waals surface area contributed by atoms with Crippen LogP contribution in [0.25, 0.3) is 0 Å². The average Bonchev–Trinajstić information content (AvgIpc) is 2.73. The molecule has 4 nitrogen and oxygen atoms in total. The molecular formula is C22H28N2O2S. The summed E-state index contributed by atoms with van der Waals surface area (Å²) in [7, 11) is 0. The lowest BCUT2D eigenvalue weighted by Gasteiger charge is -2.36. The van der Waals surface area contributed by atoms with Crippen LogP contribution in [0.4, 0.5) is 5.69 Å². The average molecular weight is 385 g/mol. The van der Waals surface area contributed by atoms with Gasteiger partial charge in [0.15, 0.2) is 0 Å². The molecule has 5 heteroatoms. The van der Waals surface area contributed by atoms with E-state index in [4.69, 9.17) is 4.74 Å². The number of para-hydroxylation sites is 1. The molecule has 2 aliphatic heterocycles. The summed E-state index contributed by atoms with van der Waals surface area (Å²) >= 11 is 1.88. The maximum absolute atomic E-state index is 10.5. The summed E-state index contributed by atoms with van der Waals surface area (Å²) in [5.74, 6) is 2.09. The van der Waals surface area contributed by atoms with Crippen molar-refractivity contribution in [1.29, 1.82) is 0 Å². The standard InChI is InChI=1S/C22H28N2O2S/c25-20(17-26-21-10-4-6-18-7-5-15-27-22(18)21)16-23-11-13-24(14-12-23)19-8-2-1-3-9-19/h1-4,6,8-10,20,25H,5,7,11-17H2. The monoisotopic (exact) mass is 384 g/mol. The zero-order valence-corrected chi connectivity index (χ0v) is 16.5. The van der Waals surface area contributed by atoms with Gasteiger partial charge in [0.05, 0.1) is 4.90 Å². The number of aliphatic hydroxyl groups excluding tert-OH is 1. The molecule has 0 saturated carbocycles. The summed E-state index contributed by atoms with van der Waals surface area (Å²) in [5, 5.41) is 10.5. The van der Waals surface area contributed by atoms with E-state index in [1.54, 1.807) is 0 Å². The molecule has 144 valence electrons. The molecule has 4 rings (SSSR count). The third-order valence-corrected chi connectivity index (χ3v) is 6.54. The van der Waals surface area contributed by atoms with Crippen LogP contribution in [0.15, 0.2) is 53.4 Å². The Bertz CT molecular complexity index is 732. The van der Waals surface area contributed by atoms with Gasteiger partial charge in [-0.15, -0.1) is 11.8 Å². The Balaban J connectivity index is 1.24. The van der Waals surface area contributed by atoms with Crippen LogP contribution in [0.2, 0.25) is 0 Å². The van der Waals surface area contributed by atoms with E-state index in [1.807, 2.05) is 17.8 Å². The molecule has 0 amide bonds. The van der Waals surface area contributed by atoms with Gasteiger partial charge in [0.25, 0.3) is 0 Å². The van der Waals surface area contributed by atoms with Gasteiger partial charge >= 0.3 is 0 Å². The Morgan fingerprint density at radius 1 is 1.00 bits per heavy atom. The molecule has 1 saturated heterocycles. The van der Waals surface area contributed by atoms with Gasteiger partial charge in [-0.2, -0.15) is 0 Å². The number of aryl methyl sites for hydroxylation is 1. The van der Waals surface area contributed by atoms with Gasteiger partial charge < -0.3 is 14.7 Å². The number of fused-ring (bicyclic) bond motifs is 1. The number of hydrogen-bond donors (Lipinski definition) is 1. The van der Waals surface area contributed by atoms with Crippen molar-refractivity contribution in [2.24, 2.45) is 0 Å². The normalized spacial score (nSPS) is 18.8. The summed E-state index contributed by atoms with van der Waals surface area (Å²) in [6.07, 6.45) is 1.91. The summed E-state index contributed by atoms with van der Waals surface area (Å²) < 4.78 is 5.99. The van der Waals surface area contributed by atoms with Gasteiger partial charge in [0.2, 0.25) is 0 Å². The minimum atomic E-state index is -0.460. The first-order valence-corrected chi connectivity index (χ1v) is 10.9. The molecule has 0 bridgehead atoms. The molecule has 2 heterocycles. The van der Waals surface area contributed by atoms with Crippen LogP contribution in [-0.2, 0) is 6.42 Å². The van der Waals surface area contributed by atoms with E-state index in [1.165, 1.54) is 22.6 Å². The van der Waals surface area contributed by atoms with Crippen molar-refractivity contribution in [2.75, 3.05) is 50.0 Å². The summed E-state index contributed by atoms with van der Waals surface area (Å²) in [5.41, 5.74) is 2.67. The molecule has 0 aromatic heterocycles. The highest BCUT2D eigenvalue weighted by Gasteiger charge is 2.20. The van der Waals surface area contributed by atoms with E-state index >= 15 is 0 Å². The van der Waals surface area contributed by atoms with Crippen LogP contribution in [0.1, 0.15) is 12.0 Å². The Labute approximate surface area is 166 Å². The summed E-state index contributed by atoms with van der Waals surface area (Å²) in [6, 6.07) is 16.8. The lowest BCUT2D eigenvalue weighted by Crippen LogP contribution is -2.49. The molecule has 0 aliphatic carbocycles. The number of rotatable bonds is 6. The molecule has 2 aromatic rings. The predicted molar refractivity (Wildman–Crippen MR) is 112 cm³/mol. The fraction of sp³-hybridized carbons (Fsp3) is 0.455. The van der Waals surface area contributed by atoms with Gasteiger partial charge in [-0.1, -0.05) is 30.3 Å². The zero-order valence-electron chi connectivity index (χ0n) is 15.7. The first-order chi connectivity index (χ1) is 13.3. The quantitative estimate of drug-likeness (QED) is 0.827. The van der Waals surface area contributed by atoms with Gasteiger partial charge in [0.1, 0.15) is 18.5 Å². The maximum atomic E-state index is 10.5. The molecule has 1 fully saturated rings. The molecule has 1 atom stereocenters. The summed E-state index contributed by atoms with van der Waals surface area (Å²) in [6.45, 7) is 4.98. The van der Waals surface area contributed by atoms with E-state index in [0.29, 0.717) is 13.2 Å².